The molecule has 2 aromatic rings. The normalized spacial score (nSPS) is 10.9. The molecule has 2 nitrogen and oxygen atoms in total. The van der Waals surface area contributed by atoms with E-state index >= 15 is 0 Å². The molecular formula is C14H16FIN2. The highest BCUT2D eigenvalue weighted by Crippen LogP contribution is 2.31. The largest absolute Gasteiger partial charge is 0.384 e. The van der Waals surface area contributed by atoms with Gasteiger partial charge in [0.1, 0.15) is 5.82 Å². The molecule has 0 spiro atoms. The van der Waals surface area contributed by atoms with E-state index in [4.69, 9.17) is 0 Å². The zero-order valence-corrected chi connectivity index (χ0v) is 12.9. The van der Waals surface area contributed by atoms with E-state index in [0.717, 1.165) is 44.4 Å². The Balaban J connectivity index is 2.74. The number of nitrogens with one attached hydrogen (secondary N) is 1. The lowest BCUT2D eigenvalue weighted by Crippen LogP contribution is -2.05. The van der Waals surface area contributed by atoms with Crippen molar-refractivity contribution in [2.75, 3.05) is 11.9 Å². The van der Waals surface area contributed by atoms with Crippen molar-refractivity contribution < 1.29 is 4.39 Å². The Labute approximate surface area is 120 Å². The van der Waals surface area contributed by atoms with Crippen molar-refractivity contribution in [1.29, 1.82) is 0 Å². The van der Waals surface area contributed by atoms with Crippen molar-refractivity contribution in [3.63, 3.8) is 0 Å². The minimum Gasteiger partial charge on any atom is -0.384 e. The van der Waals surface area contributed by atoms with E-state index in [1.807, 2.05) is 13.8 Å². The number of nitrogens with zero attached hydrogens (tertiary/aromatic N) is 1. The van der Waals surface area contributed by atoms with Crippen LogP contribution in [-0.4, -0.2) is 11.5 Å². The summed E-state index contributed by atoms with van der Waals surface area (Å²) in [7, 11) is 0. The lowest BCUT2D eigenvalue weighted by molar-refractivity contribution is 0.628. The summed E-state index contributed by atoms with van der Waals surface area (Å²) in [6, 6.07) is 3.09. The molecule has 18 heavy (non-hydrogen) atoms. The lowest BCUT2D eigenvalue weighted by atomic mass is 10.1. The second-order valence-electron chi connectivity index (χ2n) is 4.41. The lowest BCUT2D eigenvalue weighted by Gasteiger charge is -2.15. The van der Waals surface area contributed by atoms with Crippen LogP contribution in [0.1, 0.15) is 24.6 Å². The van der Waals surface area contributed by atoms with Gasteiger partial charge < -0.3 is 5.32 Å². The van der Waals surface area contributed by atoms with E-state index in [0.29, 0.717) is 0 Å². The van der Waals surface area contributed by atoms with Gasteiger partial charge in [-0.3, -0.25) is 4.98 Å². The summed E-state index contributed by atoms with van der Waals surface area (Å²) in [6.07, 6.45) is 1.04. The van der Waals surface area contributed by atoms with Crippen molar-refractivity contribution in [2.45, 2.75) is 27.2 Å². The van der Waals surface area contributed by atoms with Gasteiger partial charge >= 0.3 is 0 Å². The number of aryl methyl sites for hydroxylation is 1. The van der Waals surface area contributed by atoms with Crippen molar-refractivity contribution in [1.82, 2.24) is 4.98 Å². The van der Waals surface area contributed by atoms with Gasteiger partial charge in [-0.2, -0.15) is 0 Å². The van der Waals surface area contributed by atoms with Crippen LogP contribution in [0.5, 0.6) is 0 Å². The average molecular weight is 358 g/mol. The third kappa shape index (κ3) is 2.43. The van der Waals surface area contributed by atoms with Gasteiger partial charge in [0, 0.05) is 26.9 Å². The first-order valence-electron chi connectivity index (χ1n) is 6.04. The summed E-state index contributed by atoms with van der Waals surface area (Å²) in [5, 5.41) is 4.26. The smallest absolute Gasteiger partial charge is 0.125 e. The van der Waals surface area contributed by atoms with Gasteiger partial charge in [0.25, 0.3) is 0 Å². The fraction of sp³-hybridized carbons (Fsp3) is 0.357. The van der Waals surface area contributed by atoms with Gasteiger partial charge in [0.15, 0.2) is 0 Å². The molecule has 1 aromatic carbocycles. The summed E-state index contributed by atoms with van der Waals surface area (Å²) in [6.45, 7) is 7.01. The van der Waals surface area contributed by atoms with Gasteiger partial charge in [-0.05, 0) is 60.6 Å². The highest BCUT2D eigenvalue weighted by atomic mass is 127. The summed E-state index contributed by atoms with van der Waals surface area (Å²) in [5.74, 6) is -0.212. The molecule has 0 aliphatic heterocycles. The Kier molecular flexibility index (Phi) is 4.04. The van der Waals surface area contributed by atoms with Gasteiger partial charge in [-0.15, -0.1) is 0 Å². The third-order valence-electron chi connectivity index (χ3n) is 3.05. The summed E-state index contributed by atoms with van der Waals surface area (Å²) in [5.41, 5.74) is 3.97. The zero-order valence-electron chi connectivity index (χ0n) is 10.8. The zero-order chi connectivity index (χ0) is 13.3. The second kappa shape index (κ2) is 5.38. The van der Waals surface area contributed by atoms with E-state index in [-0.39, 0.29) is 5.82 Å². The molecule has 0 atom stereocenters. The maximum absolute atomic E-state index is 13.6. The fourth-order valence-electron chi connectivity index (χ4n) is 1.98. The average Bonchev–Trinajstić information content (AvgIpc) is 2.31. The first kappa shape index (κ1) is 13.5. The van der Waals surface area contributed by atoms with Crippen LogP contribution in [-0.2, 0) is 0 Å². The van der Waals surface area contributed by atoms with Crippen LogP contribution in [0.2, 0.25) is 0 Å². The highest BCUT2D eigenvalue weighted by Gasteiger charge is 2.12. The standard InChI is InChI=1S/C14H16FIN2/c1-4-5-17-13-8(2)9(3)18-14-11(13)6-10(15)7-12(14)16/h6-7H,4-5H2,1-3H3,(H,17,18). The maximum atomic E-state index is 13.6. The predicted octanol–water partition coefficient (Wildman–Crippen LogP) is 4.42. The third-order valence-corrected chi connectivity index (χ3v) is 3.87. The molecule has 1 aromatic heterocycles. The van der Waals surface area contributed by atoms with Gasteiger partial charge in [0.05, 0.1) is 5.52 Å². The number of halogens is 2. The molecule has 0 aliphatic carbocycles. The van der Waals surface area contributed by atoms with Gasteiger partial charge in [-0.25, -0.2) is 4.39 Å². The van der Waals surface area contributed by atoms with E-state index < -0.39 is 0 Å². The maximum Gasteiger partial charge on any atom is 0.125 e. The first-order valence-corrected chi connectivity index (χ1v) is 7.12. The van der Waals surface area contributed by atoms with Crippen molar-refractivity contribution in [3.05, 3.63) is 32.8 Å². The topological polar surface area (TPSA) is 24.9 Å². The number of aromatic nitrogens is 1. The molecule has 0 unspecified atom stereocenters. The SMILES string of the molecule is CCCNc1c(C)c(C)nc2c(I)cc(F)cc12. The molecule has 0 saturated carbocycles. The van der Waals surface area contributed by atoms with Crippen molar-refractivity contribution >= 4 is 39.2 Å². The number of anilines is 1. The number of pyridine rings is 1. The van der Waals surface area contributed by atoms with E-state index in [1.165, 1.54) is 6.07 Å². The molecule has 96 valence electrons. The van der Waals surface area contributed by atoms with E-state index in [2.05, 4.69) is 39.8 Å². The Morgan fingerprint density at radius 3 is 2.72 bits per heavy atom. The first-order chi connectivity index (χ1) is 8.54. The van der Waals surface area contributed by atoms with Crippen LogP contribution in [0, 0.1) is 23.2 Å². The van der Waals surface area contributed by atoms with Crippen LogP contribution < -0.4 is 5.32 Å². The van der Waals surface area contributed by atoms with Gasteiger partial charge in [0.2, 0.25) is 0 Å². The molecule has 0 fully saturated rings. The number of hydrogen-bond donors (Lipinski definition) is 1. The monoisotopic (exact) mass is 358 g/mol. The number of fused-ring (bicyclic) bond motifs is 1. The van der Waals surface area contributed by atoms with Crippen LogP contribution in [0.3, 0.4) is 0 Å². The molecule has 4 heteroatoms. The van der Waals surface area contributed by atoms with Crippen LogP contribution in [0.25, 0.3) is 10.9 Å². The Hall–Kier alpha value is -0.910. The van der Waals surface area contributed by atoms with E-state index in [9.17, 15) is 4.39 Å². The Bertz CT molecular complexity index is 596. The second-order valence-corrected chi connectivity index (χ2v) is 5.57. The number of benzene rings is 1. The fourth-order valence-corrected chi connectivity index (χ4v) is 2.69. The molecule has 0 amide bonds. The van der Waals surface area contributed by atoms with E-state index in [1.54, 1.807) is 6.07 Å². The predicted molar refractivity (Wildman–Crippen MR) is 82.7 cm³/mol. The number of hydrogen-bond acceptors (Lipinski definition) is 2. The summed E-state index contributed by atoms with van der Waals surface area (Å²) < 4.78 is 14.4. The van der Waals surface area contributed by atoms with Crippen LogP contribution >= 0.6 is 22.6 Å². The van der Waals surface area contributed by atoms with Crippen LogP contribution in [0.15, 0.2) is 12.1 Å². The quantitative estimate of drug-likeness (QED) is 0.822. The molecule has 0 bridgehead atoms. The molecule has 2 rings (SSSR count). The molecule has 1 N–H and O–H groups in total. The summed E-state index contributed by atoms with van der Waals surface area (Å²) in [4.78, 5) is 4.57. The Morgan fingerprint density at radius 1 is 1.33 bits per heavy atom. The van der Waals surface area contributed by atoms with Crippen LogP contribution in [0.4, 0.5) is 10.1 Å². The minimum atomic E-state index is -0.212. The molecular weight excluding hydrogens is 342 g/mol. The number of rotatable bonds is 3. The molecule has 0 radical (unpaired) electrons. The van der Waals surface area contributed by atoms with Gasteiger partial charge in [-0.1, -0.05) is 6.92 Å². The van der Waals surface area contributed by atoms with Crippen molar-refractivity contribution in [3.8, 4) is 0 Å². The van der Waals surface area contributed by atoms with Crippen molar-refractivity contribution in [2.24, 2.45) is 0 Å². The molecule has 1 heterocycles. The summed E-state index contributed by atoms with van der Waals surface area (Å²) >= 11 is 2.14. The minimum absolute atomic E-state index is 0.212. The highest BCUT2D eigenvalue weighted by molar-refractivity contribution is 14.1. The Morgan fingerprint density at radius 2 is 2.06 bits per heavy atom. The molecule has 0 aliphatic rings. The molecule has 0 saturated heterocycles.